The zero-order valence-electron chi connectivity index (χ0n) is 21.7. The number of aromatic nitrogens is 1. The Balaban J connectivity index is 0.00000252. The summed E-state index contributed by atoms with van der Waals surface area (Å²) in [4.78, 5) is 4.97. The number of thiophene rings is 1. The summed E-state index contributed by atoms with van der Waals surface area (Å²) in [7, 11) is 0. The minimum absolute atomic E-state index is 0. The Morgan fingerprint density at radius 2 is 1.65 bits per heavy atom. The largest absolute Gasteiger partial charge is 0.304 e. The number of nitrogens with zero attached hydrogens (tertiary/aromatic N) is 1. The van der Waals surface area contributed by atoms with Gasteiger partial charge in [0.1, 0.15) is 0 Å². The maximum absolute atomic E-state index is 4.97. The fourth-order valence-electron chi connectivity index (χ4n) is 6.05. The molecule has 0 atom stereocenters. The zero-order valence-corrected chi connectivity index (χ0v) is 24.9. The quantitative estimate of drug-likeness (QED) is 0.158. The van der Waals surface area contributed by atoms with Gasteiger partial charge in [0.2, 0.25) is 0 Å². The van der Waals surface area contributed by atoms with Gasteiger partial charge >= 0.3 is 0 Å². The van der Waals surface area contributed by atoms with Gasteiger partial charge < -0.3 is 4.98 Å². The van der Waals surface area contributed by atoms with Gasteiger partial charge in [0, 0.05) is 36.4 Å². The van der Waals surface area contributed by atoms with Crippen LogP contribution in [0.2, 0.25) is 0 Å². The molecule has 1 aliphatic carbocycles. The first kappa shape index (κ1) is 24.5. The van der Waals surface area contributed by atoms with Gasteiger partial charge in [-0.15, -0.1) is 23.8 Å². The Labute approximate surface area is 235 Å². The van der Waals surface area contributed by atoms with Gasteiger partial charge in [-0.25, -0.2) is 0 Å². The average molecular weight is 675 g/mol. The molecular weight excluding hydrogens is 647 g/mol. The Morgan fingerprint density at radius 1 is 0.838 bits per heavy atom. The standard InChI is InChI=1S/C34H28NS.Ir/c1-33(2,3)22-12-13-24-26-18-21(11-15-28(26)36-29(24)19-22)32-31-25(16-17-35-32)30-23-9-7-6-8-20(23)10-14-27(30)34(31,4)5;/h6-10,12-19H,1-5H3;/q-1;. The van der Waals surface area contributed by atoms with Crippen LogP contribution >= 0.6 is 11.3 Å². The van der Waals surface area contributed by atoms with Crippen LogP contribution in [0.25, 0.3) is 53.3 Å². The van der Waals surface area contributed by atoms with Crippen LogP contribution in [-0.4, -0.2) is 4.98 Å². The molecule has 1 aliphatic rings. The molecule has 0 saturated carbocycles. The van der Waals surface area contributed by atoms with Crippen LogP contribution < -0.4 is 0 Å². The third kappa shape index (κ3) is 3.56. The van der Waals surface area contributed by atoms with Gasteiger partial charge in [-0.05, 0) is 71.9 Å². The molecule has 6 aromatic rings. The number of rotatable bonds is 1. The van der Waals surface area contributed by atoms with E-state index in [-0.39, 0.29) is 30.9 Å². The van der Waals surface area contributed by atoms with Crippen molar-refractivity contribution in [2.45, 2.75) is 45.4 Å². The van der Waals surface area contributed by atoms with E-state index in [0.29, 0.717) is 0 Å². The molecule has 0 saturated heterocycles. The van der Waals surface area contributed by atoms with Gasteiger partial charge in [-0.1, -0.05) is 88.5 Å². The number of hydrogen-bond acceptors (Lipinski definition) is 2. The first-order valence-electron chi connectivity index (χ1n) is 12.6. The fraction of sp³-hybridized carbons (Fsp3) is 0.206. The van der Waals surface area contributed by atoms with Crippen LogP contribution in [0.4, 0.5) is 0 Å². The number of benzene rings is 4. The maximum atomic E-state index is 4.97. The summed E-state index contributed by atoms with van der Waals surface area (Å²) in [5.41, 5.74) is 8.84. The van der Waals surface area contributed by atoms with E-state index in [9.17, 15) is 0 Å². The average Bonchev–Trinajstić information content (AvgIpc) is 3.35. The molecular formula is C34H28IrNS-. The van der Waals surface area contributed by atoms with Crippen LogP contribution in [-0.2, 0) is 30.9 Å². The van der Waals surface area contributed by atoms with E-state index >= 15 is 0 Å². The second-order valence-electron chi connectivity index (χ2n) is 11.6. The molecule has 7 rings (SSSR count). The molecule has 0 aliphatic heterocycles. The molecule has 0 fully saturated rings. The van der Waals surface area contributed by atoms with E-state index in [1.54, 1.807) is 0 Å². The molecule has 2 heterocycles. The van der Waals surface area contributed by atoms with E-state index < -0.39 is 0 Å². The summed E-state index contributed by atoms with van der Waals surface area (Å²) >= 11 is 1.86. The van der Waals surface area contributed by atoms with Crippen LogP contribution in [0.3, 0.4) is 0 Å². The van der Waals surface area contributed by atoms with Crippen LogP contribution in [0.15, 0.2) is 79.0 Å². The smallest absolute Gasteiger partial charge is 0.0242 e. The van der Waals surface area contributed by atoms with Gasteiger partial charge in [0.05, 0.1) is 0 Å². The van der Waals surface area contributed by atoms with Crippen molar-refractivity contribution in [3.8, 4) is 22.4 Å². The Hall–Kier alpha value is -2.84. The van der Waals surface area contributed by atoms with E-state index in [1.807, 2.05) is 17.5 Å². The molecule has 2 aromatic heterocycles. The van der Waals surface area contributed by atoms with Gasteiger partial charge in [-0.2, -0.15) is 11.3 Å². The molecule has 3 heteroatoms. The molecule has 1 nitrogen and oxygen atoms in total. The van der Waals surface area contributed by atoms with E-state index in [1.165, 1.54) is 58.8 Å². The summed E-state index contributed by atoms with van der Waals surface area (Å²) in [6.45, 7) is 11.5. The predicted molar refractivity (Wildman–Crippen MR) is 155 cm³/mol. The summed E-state index contributed by atoms with van der Waals surface area (Å²) in [5, 5.41) is 5.21. The number of hydrogen-bond donors (Lipinski definition) is 0. The zero-order chi connectivity index (χ0) is 24.8. The minimum Gasteiger partial charge on any atom is -0.304 e. The van der Waals surface area contributed by atoms with Crippen molar-refractivity contribution in [3.63, 3.8) is 0 Å². The second kappa shape index (κ2) is 8.33. The molecule has 4 aromatic carbocycles. The molecule has 0 N–H and O–H groups in total. The SMILES string of the molecule is CC(C)(C)c1ccc2c(c1)sc1c[c-]c(-c3nccc4c3C(C)(C)c3ccc5ccccc5c3-4)cc12.[Ir]. The molecule has 0 spiro atoms. The van der Waals surface area contributed by atoms with Crippen molar-refractivity contribution >= 4 is 42.3 Å². The molecule has 1 radical (unpaired) electrons. The first-order valence-corrected chi connectivity index (χ1v) is 13.5. The van der Waals surface area contributed by atoms with Crippen LogP contribution in [0.5, 0.6) is 0 Å². The third-order valence-electron chi connectivity index (χ3n) is 7.97. The van der Waals surface area contributed by atoms with E-state index in [0.717, 1.165) is 11.3 Å². The summed E-state index contributed by atoms with van der Waals surface area (Å²) in [6, 6.07) is 30.5. The maximum Gasteiger partial charge on any atom is 0.0242 e. The molecule has 185 valence electrons. The van der Waals surface area contributed by atoms with E-state index in [4.69, 9.17) is 4.98 Å². The van der Waals surface area contributed by atoms with E-state index in [2.05, 4.69) is 113 Å². The third-order valence-corrected chi connectivity index (χ3v) is 9.09. The van der Waals surface area contributed by atoms with Crippen molar-refractivity contribution in [2.24, 2.45) is 0 Å². The molecule has 0 bridgehead atoms. The Kier molecular flexibility index (Phi) is 5.52. The van der Waals surface area contributed by atoms with Crippen molar-refractivity contribution in [2.75, 3.05) is 0 Å². The van der Waals surface area contributed by atoms with Crippen LogP contribution in [0.1, 0.15) is 51.3 Å². The topological polar surface area (TPSA) is 12.9 Å². The Bertz CT molecular complexity index is 1850. The Morgan fingerprint density at radius 3 is 2.46 bits per heavy atom. The second-order valence-corrected chi connectivity index (χ2v) is 12.7. The monoisotopic (exact) mass is 675 g/mol. The van der Waals surface area contributed by atoms with Crippen molar-refractivity contribution in [3.05, 3.63) is 102 Å². The van der Waals surface area contributed by atoms with Gasteiger partial charge in [0.25, 0.3) is 0 Å². The summed E-state index contributed by atoms with van der Waals surface area (Å²) in [5.74, 6) is 0. The molecule has 0 amide bonds. The number of fused-ring (bicyclic) bond motifs is 8. The normalized spacial score (nSPS) is 14.1. The van der Waals surface area contributed by atoms with Crippen molar-refractivity contribution in [1.82, 2.24) is 4.98 Å². The summed E-state index contributed by atoms with van der Waals surface area (Å²) < 4.78 is 2.62. The predicted octanol–water partition coefficient (Wildman–Crippen LogP) is 9.67. The minimum atomic E-state index is -0.139. The summed E-state index contributed by atoms with van der Waals surface area (Å²) in [6.07, 6.45) is 1.97. The van der Waals surface area contributed by atoms with Gasteiger partial charge in [0.15, 0.2) is 0 Å². The van der Waals surface area contributed by atoms with Crippen molar-refractivity contribution in [1.29, 1.82) is 0 Å². The molecule has 37 heavy (non-hydrogen) atoms. The number of pyridine rings is 1. The van der Waals surface area contributed by atoms with Crippen molar-refractivity contribution < 1.29 is 20.1 Å². The first-order chi connectivity index (χ1) is 17.2. The van der Waals surface area contributed by atoms with Crippen LogP contribution in [0, 0.1) is 6.07 Å². The fourth-order valence-corrected chi connectivity index (χ4v) is 7.16. The van der Waals surface area contributed by atoms with Gasteiger partial charge in [-0.3, -0.25) is 0 Å². The molecule has 0 unspecified atom stereocenters.